The molecule has 1 atom stereocenters. The summed E-state index contributed by atoms with van der Waals surface area (Å²) in [6.07, 6.45) is 3.08. The zero-order valence-electron chi connectivity index (χ0n) is 8.50. The number of benzene rings is 1. The number of hydrogen-bond acceptors (Lipinski definition) is 2. The Hall–Kier alpha value is -0.470. The Morgan fingerprint density at radius 3 is 2.69 bits per heavy atom. The van der Waals surface area contributed by atoms with Gasteiger partial charge in [-0.3, -0.25) is 0 Å². The Balaban J connectivity index is 2.86. The van der Waals surface area contributed by atoms with Gasteiger partial charge in [0.15, 0.2) is 0 Å². The Morgan fingerprint density at radius 2 is 2.15 bits per heavy atom. The minimum atomic E-state index is 0.248. The second-order valence-electron chi connectivity index (χ2n) is 3.49. The van der Waals surface area contributed by atoms with Gasteiger partial charge in [0.05, 0.1) is 0 Å². The third kappa shape index (κ3) is 3.05. The van der Waals surface area contributed by atoms with Crippen LogP contribution in [-0.4, -0.2) is 12.3 Å². The SMILES string of the molecule is CSc1cc(CC(C)N)ccc1C. The smallest absolute Gasteiger partial charge is 0.0101 e. The quantitative estimate of drug-likeness (QED) is 0.750. The maximum atomic E-state index is 5.75. The van der Waals surface area contributed by atoms with E-state index in [2.05, 4.69) is 31.4 Å². The lowest BCUT2D eigenvalue weighted by Gasteiger charge is -2.08. The largest absolute Gasteiger partial charge is 0.328 e. The van der Waals surface area contributed by atoms with Crippen LogP contribution in [0.4, 0.5) is 0 Å². The highest BCUT2D eigenvalue weighted by Gasteiger charge is 2.01. The second-order valence-corrected chi connectivity index (χ2v) is 4.33. The Kier molecular flexibility index (Phi) is 3.82. The molecule has 0 fully saturated rings. The van der Waals surface area contributed by atoms with Crippen molar-refractivity contribution in [2.75, 3.05) is 6.26 Å². The Morgan fingerprint density at radius 1 is 1.46 bits per heavy atom. The van der Waals surface area contributed by atoms with Crippen LogP contribution >= 0.6 is 11.8 Å². The molecule has 0 aliphatic heterocycles. The van der Waals surface area contributed by atoms with Crippen molar-refractivity contribution < 1.29 is 0 Å². The van der Waals surface area contributed by atoms with Crippen molar-refractivity contribution in [3.63, 3.8) is 0 Å². The number of hydrogen-bond donors (Lipinski definition) is 1. The third-order valence-corrected chi connectivity index (χ3v) is 2.91. The van der Waals surface area contributed by atoms with E-state index in [4.69, 9.17) is 5.73 Å². The average Bonchev–Trinajstić information content (AvgIpc) is 2.07. The fourth-order valence-corrected chi connectivity index (χ4v) is 2.02. The highest BCUT2D eigenvalue weighted by atomic mass is 32.2. The van der Waals surface area contributed by atoms with Crippen LogP contribution in [0.3, 0.4) is 0 Å². The fraction of sp³-hybridized carbons (Fsp3) is 0.455. The lowest BCUT2D eigenvalue weighted by atomic mass is 10.1. The topological polar surface area (TPSA) is 26.0 Å². The van der Waals surface area contributed by atoms with Gasteiger partial charge in [0, 0.05) is 10.9 Å². The molecule has 1 aromatic rings. The van der Waals surface area contributed by atoms with Gasteiger partial charge in [0.25, 0.3) is 0 Å². The van der Waals surface area contributed by atoms with E-state index in [-0.39, 0.29) is 6.04 Å². The van der Waals surface area contributed by atoms with Crippen LogP contribution in [0.5, 0.6) is 0 Å². The van der Waals surface area contributed by atoms with Crippen LogP contribution in [0.1, 0.15) is 18.1 Å². The van der Waals surface area contributed by atoms with E-state index in [9.17, 15) is 0 Å². The predicted octanol–water partition coefficient (Wildman–Crippen LogP) is 2.61. The van der Waals surface area contributed by atoms with E-state index < -0.39 is 0 Å². The highest BCUT2D eigenvalue weighted by molar-refractivity contribution is 7.98. The molecule has 72 valence electrons. The molecule has 0 saturated carbocycles. The third-order valence-electron chi connectivity index (χ3n) is 2.03. The van der Waals surface area contributed by atoms with Crippen molar-refractivity contribution in [2.24, 2.45) is 5.73 Å². The monoisotopic (exact) mass is 195 g/mol. The van der Waals surface area contributed by atoms with Gasteiger partial charge in [-0.05, 0) is 43.7 Å². The molecule has 2 N–H and O–H groups in total. The van der Waals surface area contributed by atoms with Crippen LogP contribution < -0.4 is 5.73 Å². The molecule has 0 aliphatic rings. The van der Waals surface area contributed by atoms with Crippen LogP contribution in [0.2, 0.25) is 0 Å². The Bertz CT molecular complexity index is 281. The molecule has 0 radical (unpaired) electrons. The van der Waals surface area contributed by atoms with Crippen LogP contribution in [-0.2, 0) is 6.42 Å². The van der Waals surface area contributed by atoms with E-state index in [1.54, 1.807) is 11.8 Å². The second kappa shape index (κ2) is 4.68. The summed E-state index contributed by atoms with van der Waals surface area (Å²) in [6, 6.07) is 6.82. The summed E-state index contributed by atoms with van der Waals surface area (Å²) in [5.74, 6) is 0. The molecule has 13 heavy (non-hydrogen) atoms. The molecule has 1 nitrogen and oxygen atoms in total. The first-order valence-corrected chi connectivity index (χ1v) is 5.75. The molecule has 0 amide bonds. The summed E-state index contributed by atoms with van der Waals surface area (Å²) in [7, 11) is 0. The number of rotatable bonds is 3. The van der Waals surface area contributed by atoms with Gasteiger partial charge in [0.2, 0.25) is 0 Å². The molecule has 1 aromatic carbocycles. The molecule has 0 aromatic heterocycles. The van der Waals surface area contributed by atoms with Crippen LogP contribution in [0.15, 0.2) is 23.1 Å². The van der Waals surface area contributed by atoms with Gasteiger partial charge in [0.1, 0.15) is 0 Å². The minimum absolute atomic E-state index is 0.248. The minimum Gasteiger partial charge on any atom is -0.328 e. The van der Waals surface area contributed by atoms with E-state index in [0.29, 0.717) is 0 Å². The lowest BCUT2D eigenvalue weighted by Crippen LogP contribution is -2.17. The molecule has 0 heterocycles. The molecular weight excluding hydrogens is 178 g/mol. The van der Waals surface area contributed by atoms with Gasteiger partial charge in [-0.1, -0.05) is 12.1 Å². The van der Waals surface area contributed by atoms with E-state index in [1.807, 2.05) is 6.92 Å². The molecule has 2 heteroatoms. The summed E-state index contributed by atoms with van der Waals surface area (Å²) in [5.41, 5.74) is 8.43. The number of nitrogens with two attached hydrogens (primary N) is 1. The number of thioether (sulfide) groups is 1. The van der Waals surface area contributed by atoms with E-state index in [0.717, 1.165) is 6.42 Å². The predicted molar refractivity (Wildman–Crippen MR) is 60.3 cm³/mol. The zero-order chi connectivity index (χ0) is 9.84. The van der Waals surface area contributed by atoms with Crippen molar-refractivity contribution in [1.29, 1.82) is 0 Å². The molecule has 0 saturated heterocycles. The molecule has 0 bridgehead atoms. The normalized spacial score (nSPS) is 12.9. The van der Waals surface area contributed by atoms with E-state index >= 15 is 0 Å². The molecule has 1 unspecified atom stereocenters. The van der Waals surface area contributed by atoms with Gasteiger partial charge in [-0.2, -0.15) is 0 Å². The maximum absolute atomic E-state index is 5.75. The lowest BCUT2D eigenvalue weighted by molar-refractivity contribution is 0.736. The summed E-state index contributed by atoms with van der Waals surface area (Å²) in [4.78, 5) is 1.36. The van der Waals surface area contributed by atoms with Crippen molar-refractivity contribution in [3.05, 3.63) is 29.3 Å². The molecule has 0 aliphatic carbocycles. The summed E-state index contributed by atoms with van der Waals surface area (Å²) < 4.78 is 0. The van der Waals surface area contributed by atoms with Crippen molar-refractivity contribution in [1.82, 2.24) is 0 Å². The van der Waals surface area contributed by atoms with Crippen LogP contribution in [0.25, 0.3) is 0 Å². The highest BCUT2D eigenvalue weighted by Crippen LogP contribution is 2.21. The van der Waals surface area contributed by atoms with Crippen molar-refractivity contribution in [2.45, 2.75) is 31.2 Å². The van der Waals surface area contributed by atoms with Crippen LogP contribution in [0, 0.1) is 6.92 Å². The van der Waals surface area contributed by atoms with Gasteiger partial charge >= 0.3 is 0 Å². The van der Waals surface area contributed by atoms with Gasteiger partial charge in [-0.15, -0.1) is 11.8 Å². The standard InChI is InChI=1S/C11H17NS/c1-8-4-5-10(6-9(2)12)7-11(8)13-3/h4-5,7,9H,6,12H2,1-3H3. The van der Waals surface area contributed by atoms with E-state index in [1.165, 1.54) is 16.0 Å². The Labute approximate surface area is 84.7 Å². The van der Waals surface area contributed by atoms with Gasteiger partial charge < -0.3 is 5.73 Å². The zero-order valence-corrected chi connectivity index (χ0v) is 9.32. The summed E-state index contributed by atoms with van der Waals surface area (Å²) in [6.45, 7) is 4.18. The van der Waals surface area contributed by atoms with Gasteiger partial charge in [-0.25, -0.2) is 0 Å². The summed E-state index contributed by atoms with van der Waals surface area (Å²) in [5, 5.41) is 0. The average molecular weight is 195 g/mol. The molecule has 0 spiro atoms. The first-order valence-electron chi connectivity index (χ1n) is 4.52. The summed E-state index contributed by atoms with van der Waals surface area (Å²) >= 11 is 1.80. The maximum Gasteiger partial charge on any atom is 0.0101 e. The van der Waals surface area contributed by atoms with Crippen molar-refractivity contribution >= 4 is 11.8 Å². The molecular formula is C11H17NS. The van der Waals surface area contributed by atoms with Crippen molar-refractivity contribution in [3.8, 4) is 0 Å². The molecule has 1 rings (SSSR count). The number of aryl methyl sites for hydroxylation is 1. The fourth-order valence-electron chi connectivity index (χ4n) is 1.36. The first kappa shape index (κ1) is 10.6. The first-order chi connectivity index (χ1) is 6.13.